The first-order valence-electron chi connectivity index (χ1n) is 6.02. The van der Waals surface area contributed by atoms with Crippen molar-refractivity contribution in [1.29, 1.82) is 0 Å². The fourth-order valence-electron chi connectivity index (χ4n) is 1.92. The number of aromatic nitrogens is 1. The van der Waals surface area contributed by atoms with Gasteiger partial charge in [-0.1, -0.05) is 0 Å². The van der Waals surface area contributed by atoms with Crippen molar-refractivity contribution in [3.8, 4) is 0 Å². The number of pyridine rings is 1. The molecular weight excluding hydrogens is 330 g/mol. The van der Waals surface area contributed by atoms with Crippen molar-refractivity contribution in [2.24, 2.45) is 0 Å². The van der Waals surface area contributed by atoms with Gasteiger partial charge in [-0.15, -0.1) is 24.8 Å². The van der Waals surface area contributed by atoms with Crippen molar-refractivity contribution in [1.82, 2.24) is 15.2 Å². The summed E-state index contributed by atoms with van der Waals surface area (Å²) < 4.78 is 37.1. The zero-order chi connectivity index (χ0) is 13.9. The van der Waals surface area contributed by atoms with E-state index in [9.17, 15) is 18.0 Å². The Balaban J connectivity index is 0.00000200. The molecule has 0 aromatic carbocycles. The van der Waals surface area contributed by atoms with Crippen LogP contribution in [0.2, 0.25) is 0 Å². The summed E-state index contributed by atoms with van der Waals surface area (Å²) in [6.45, 7) is 2.70. The minimum atomic E-state index is -4.48. The van der Waals surface area contributed by atoms with Crippen molar-refractivity contribution in [2.45, 2.75) is 12.6 Å². The van der Waals surface area contributed by atoms with Gasteiger partial charge in [-0.05, 0) is 25.1 Å². The van der Waals surface area contributed by atoms with Crippen LogP contribution < -0.4 is 5.32 Å². The molecule has 4 nitrogen and oxygen atoms in total. The van der Waals surface area contributed by atoms with E-state index in [2.05, 4.69) is 10.3 Å². The Hall–Kier alpha value is -1.05. The molecule has 0 atom stereocenters. The maximum absolute atomic E-state index is 12.4. The van der Waals surface area contributed by atoms with Crippen LogP contribution in [0, 0.1) is 0 Å². The summed E-state index contributed by atoms with van der Waals surface area (Å²) >= 11 is 0. The highest BCUT2D eigenvalue weighted by Gasteiger charge is 2.32. The second-order valence-corrected chi connectivity index (χ2v) is 4.33. The van der Waals surface area contributed by atoms with Gasteiger partial charge in [0.2, 0.25) is 0 Å². The molecule has 0 saturated carbocycles. The van der Waals surface area contributed by atoms with Crippen molar-refractivity contribution in [3.63, 3.8) is 0 Å². The number of rotatable bonds is 1. The molecule has 2 rings (SSSR count). The standard InChI is InChI=1S/C12H14F3N3O.2ClH/c13-12(14,15)10-3-2-9(8-17-10)11(19)18-6-1-4-16-5-7-18;;/h2-3,8,16H,1,4-7H2;2*1H. The summed E-state index contributed by atoms with van der Waals surface area (Å²) in [5.74, 6) is -0.273. The van der Waals surface area contributed by atoms with Crippen LogP contribution in [0.4, 0.5) is 13.2 Å². The van der Waals surface area contributed by atoms with Crippen LogP contribution in [0.15, 0.2) is 18.3 Å². The average molecular weight is 346 g/mol. The van der Waals surface area contributed by atoms with Crippen LogP contribution in [-0.4, -0.2) is 42.0 Å². The van der Waals surface area contributed by atoms with Crippen molar-refractivity contribution >= 4 is 30.7 Å². The zero-order valence-electron chi connectivity index (χ0n) is 11.0. The van der Waals surface area contributed by atoms with E-state index in [1.165, 1.54) is 6.07 Å². The van der Waals surface area contributed by atoms with Crippen LogP contribution in [0.5, 0.6) is 0 Å². The van der Waals surface area contributed by atoms with E-state index >= 15 is 0 Å². The number of hydrogen-bond acceptors (Lipinski definition) is 3. The molecular formula is C12H16Cl2F3N3O. The van der Waals surface area contributed by atoms with Crippen LogP contribution in [0.1, 0.15) is 22.5 Å². The van der Waals surface area contributed by atoms with Gasteiger partial charge in [-0.3, -0.25) is 9.78 Å². The lowest BCUT2D eigenvalue weighted by Gasteiger charge is -2.19. The van der Waals surface area contributed by atoms with E-state index in [0.29, 0.717) is 19.6 Å². The third kappa shape index (κ3) is 5.33. The normalized spacial score (nSPS) is 15.5. The highest BCUT2D eigenvalue weighted by Crippen LogP contribution is 2.27. The molecule has 0 spiro atoms. The quantitative estimate of drug-likeness (QED) is 0.849. The fourth-order valence-corrected chi connectivity index (χ4v) is 1.92. The Labute approximate surface area is 132 Å². The predicted molar refractivity (Wildman–Crippen MR) is 77.1 cm³/mol. The number of halogens is 5. The first-order chi connectivity index (χ1) is 8.98. The molecule has 0 aliphatic carbocycles. The molecule has 1 fully saturated rings. The minimum Gasteiger partial charge on any atom is -0.337 e. The third-order valence-electron chi connectivity index (χ3n) is 2.93. The van der Waals surface area contributed by atoms with Gasteiger partial charge in [0.15, 0.2) is 0 Å². The first kappa shape index (κ1) is 19.9. The second-order valence-electron chi connectivity index (χ2n) is 4.33. The Kier molecular flexibility index (Phi) is 7.99. The molecule has 1 aliphatic heterocycles. The van der Waals surface area contributed by atoms with E-state index < -0.39 is 11.9 Å². The van der Waals surface area contributed by atoms with Crippen LogP contribution in [0.25, 0.3) is 0 Å². The van der Waals surface area contributed by atoms with Crippen LogP contribution >= 0.6 is 24.8 Å². The van der Waals surface area contributed by atoms with Gasteiger partial charge >= 0.3 is 6.18 Å². The molecule has 0 unspecified atom stereocenters. The number of nitrogens with one attached hydrogen (secondary N) is 1. The number of nitrogens with zero attached hydrogens (tertiary/aromatic N) is 2. The molecule has 1 saturated heterocycles. The molecule has 1 aliphatic rings. The molecule has 1 amide bonds. The summed E-state index contributed by atoms with van der Waals surface area (Å²) in [7, 11) is 0. The Morgan fingerprint density at radius 1 is 1.19 bits per heavy atom. The molecule has 120 valence electrons. The van der Waals surface area contributed by atoms with Gasteiger partial charge in [-0.2, -0.15) is 13.2 Å². The summed E-state index contributed by atoms with van der Waals surface area (Å²) in [5.41, 5.74) is -0.795. The van der Waals surface area contributed by atoms with Crippen LogP contribution in [0.3, 0.4) is 0 Å². The molecule has 2 heterocycles. The number of carbonyl (C=O) groups excluding carboxylic acids is 1. The number of hydrogen-bond donors (Lipinski definition) is 1. The number of carbonyl (C=O) groups is 1. The Bertz CT molecular complexity index is 446. The average Bonchev–Trinajstić information content (AvgIpc) is 2.66. The van der Waals surface area contributed by atoms with E-state index in [1.54, 1.807) is 4.90 Å². The zero-order valence-corrected chi connectivity index (χ0v) is 12.7. The van der Waals surface area contributed by atoms with Gasteiger partial charge in [0.25, 0.3) is 5.91 Å². The molecule has 0 bridgehead atoms. The minimum absolute atomic E-state index is 0. The maximum atomic E-state index is 12.4. The smallest absolute Gasteiger partial charge is 0.337 e. The summed E-state index contributed by atoms with van der Waals surface area (Å²) in [5, 5.41) is 3.15. The lowest BCUT2D eigenvalue weighted by molar-refractivity contribution is -0.141. The Morgan fingerprint density at radius 2 is 1.90 bits per heavy atom. The van der Waals surface area contributed by atoms with E-state index in [1.807, 2.05) is 0 Å². The summed E-state index contributed by atoms with van der Waals surface area (Å²) in [6, 6.07) is 2.01. The highest BCUT2D eigenvalue weighted by atomic mass is 35.5. The van der Waals surface area contributed by atoms with Gasteiger partial charge in [-0.25, -0.2) is 0 Å². The van der Waals surface area contributed by atoms with Crippen molar-refractivity contribution in [3.05, 3.63) is 29.6 Å². The SMILES string of the molecule is Cl.Cl.O=C(c1ccc(C(F)(F)F)nc1)N1CCCNCC1. The molecule has 1 aromatic rings. The second kappa shape index (κ2) is 8.41. The van der Waals surface area contributed by atoms with Crippen molar-refractivity contribution in [2.75, 3.05) is 26.2 Å². The Morgan fingerprint density at radius 3 is 2.48 bits per heavy atom. The maximum Gasteiger partial charge on any atom is 0.433 e. The van der Waals surface area contributed by atoms with E-state index in [4.69, 9.17) is 0 Å². The lowest BCUT2D eigenvalue weighted by atomic mass is 10.2. The van der Waals surface area contributed by atoms with Gasteiger partial charge in [0.05, 0.1) is 5.56 Å². The summed E-state index contributed by atoms with van der Waals surface area (Å²) in [6.07, 6.45) is -2.66. The van der Waals surface area contributed by atoms with E-state index in [-0.39, 0.29) is 36.3 Å². The molecule has 21 heavy (non-hydrogen) atoms. The predicted octanol–water partition coefficient (Wildman–Crippen LogP) is 2.38. The third-order valence-corrected chi connectivity index (χ3v) is 2.93. The number of amides is 1. The summed E-state index contributed by atoms with van der Waals surface area (Å²) in [4.78, 5) is 17.0. The van der Waals surface area contributed by atoms with Gasteiger partial charge in [0.1, 0.15) is 5.69 Å². The lowest BCUT2D eigenvalue weighted by Crippen LogP contribution is -2.34. The first-order valence-corrected chi connectivity index (χ1v) is 6.02. The molecule has 1 aromatic heterocycles. The van der Waals surface area contributed by atoms with Crippen LogP contribution in [-0.2, 0) is 6.18 Å². The monoisotopic (exact) mass is 345 g/mol. The topological polar surface area (TPSA) is 45.2 Å². The largest absolute Gasteiger partial charge is 0.433 e. The van der Waals surface area contributed by atoms with Gasteiger partial charge < -0.3 is 10.2 Å². The molecule has 9 heteroatoms. The highest BCUT2D eigenvalue weighted by molar-refractivity contribution is 5.93. The molecule has 1 N–H and O–H groups in total. The van der Waals surface area contributed by atoms with E-state index in [0.717, 1.165) is 25.2 Å². The molecule has 0 radical (unpaired) electrons. The van der Waals surface area contributed by atoms with Crippen molar-refractivity contribution < 1.29 is 18.0 Å². The van der Waals surface area contributed by atoms with Gasteiger partial charge in [0, 0.05) is 25.8 Å². The fraction of sp³-hybridized carbons (Fsp3) is 0.500. The number of alkyl halides is 3.